The fourth-order valence-electron chi connectivity index (χ4n) is 2.71. The van der Waals surface area contributed by atoms with E-state index in [1.165, 1.54) is 40.1 Å². The molecule has 1 aromatic heterocycles. The molecule has 0 radical (unpaired) electrons. The Bertz CT molecular complexity index is 777. The van der Waals surface area contributed by atoms with Crippen LogP contribution in [-0.2, 0) is 33.3 Å². The number of esters is 2. The van der Waals surface area contributed by atoms with Crippen LogP contribution in [-0.4, -0.2) is 59.4 Å². The Hall–Kier alpha value is -2.79. The van der Waals surface area contributed by atoms with Gasteiger partial charge in [0.2, 0.25) is 5.91 Å². The number of nitrogens with zero attached hydrogens (tertiary/aromatic N) is 2. The van der Waals surface area contributed by atoms with Gasteiger partial charge in [0.15, 0.2) is 12.3 Å². The van der Waals surface area contributed by atoms with Gasteiger partial charge in [-0.05, 0) is 6.07 Å². The highest BCUT2D eigenvalue weighted by Crippen LogP contribution is 2.33. The number of ether oxygens (including phenoxy) is 4. The topological polar surface area (TPSA) is 135 Å². The van der Waals surface area contributed by atoms with Crippen molar-refractivity contribution in [2.75, 3.05) is 19.0 Å². The first kappa shape index (κ1) is 20.5. The maximum Gasteiger partial charge on any atom is 0.351 e. The van der Waals surface area contributed by atoms with Crippen molar-refractivity contribution in [2.45, 2.75) is 45.3 Å². The van der Waals surface area contributed by atoms with Crippen LogP contribution < -0.4 is 11.0 Å². The van der Waals surface area contributed by atoms with E-state index >= 15 is 0 Å². The van der Waals surface area contributed by atoms with Crippen LogP contribution in [0.1, 0.15) is 27.0 Å². The van der Waals surface area contributed by atoms with Gasteiger partial charge in [0, 0.05) is 34.1 Å². The summed E-state index contributed by atoms with van der Waals surface area (Å²) in [4.78, 5) is 49.7. The molecule has 1 N–H and O–H groups in total. The SMILES string of the molecule is CO[C@@H]1[C@H](OC(C)=O)[C@@H](COC(C)=O)O[C@H]1n1ccc(NC(C)=O)nc1=O. The first-order chi connectivity index (χ1) is 12.7. The fourth-order valence-corrected chi connectivity index (χ4v) is 2.71. The van der Waals surface area contributed by atoms with Crippen LogP contribution in [0.2, 0.25) is 0 Å². The lowest BCUT2D eigenvalue weighted by atomic mass is 10.1. The predicted octanol–water partition coefficient (Wildman–Crippen LogP) is -0.391. The van der Waals surface area contributed by atoms with Crippen molar-refractivity contribution in [3.05, 3.63) is 22.7 Å². The Morgan fingerprint density at radius 2 is 1.93 bits per heavy atom. The Morgan fingerprint density at radius 1 is 1.22 bits per heavy atom. The second-order valence-electron chi connectivity index (χ2n) is 5.83. The molecule has 4 atom stereocenters. The summed E-state index contributed by atoms with van der Waals surface area (Å²) in [6.45, 7) is 3.56. The number of rotatable bonds is 6. The van der Waals surface area contributed by atoms with E-state index in [1.54, 1.807) is 0 Å². The minimum absolute atomic E-state index is 0.0868. The molecular weight excluding hydrogens is 362 g/mol. The summed E-state index contributed by atoms with van der Waals surface area (Å²) in [7, 11) is 1.37. The summed E-state index contributed by atoms with van der Waals surface area (Å²) in [6.07, 6.45) is -2.20. The van der Waals surface area contributed by atoms with Crippen LogP contribution in [0.15, 0.2) is 17.1 Å². The Labute approximate surface area is 154 Å². The van der Waals surface area contributed by atoms with E-state index in [4.69, 9.17) is 18.9 Å². The average molecular weight is 383 g/mol. The molecule has 0 unspecified atom stereocenters. The number of carbonyl (C=O) groups is 3. The van der Waals surface area contributed by atoms with Crippen LogP contribution in [0.25, 0.3) is 0 Å². The molecule has 1 fully saturated rings. The van der Waals surface area contributed by atoms with E-state index in [1.807, 2.05) is 0 Å². The molecule has 27 heavy (non-hydrogen) atoms. The first-order valence-electron chi connectivity index (χ1n) is 8.08. The Balaban J connectivity index is 2.31. The largest absolute Gasteiger partial charge is 0.463 e. The molecule has 11 nitrogen and oxygen atoms in total. The molecule has 11 heteroatoms. The second-order valence-corrected chi connectivity index (χ2v) is 5.83. The van der Waals surface area contributed by atoms with Gasteiger partial charge in [-0.3, -0.25) is 19.0 Å². The monoisotopic (exact) mass is 383 g/mol. The van der Waals surface area contributed by atoms with Gasteiger partial charge >= 0.3 is 17.6 Å². The number of anilines is 1. The lowest BCUT2D eigenvalue weighted by Gasteiger charge is -2.23. The third-order valence-corrected chi connectivity index (χ3v) is 3.72. The zero-order valence-corrected chi connectivity index (χ0v) is 15.3. The van der Waals surface area contributed by atoms with Gasteiger partial charge in [-0.15, -0.1) is 0 Å². The third-order valence-electron chi connectivity index (χ3n) is 3.72. The highest BCUT2D eigenvalue weighted by Gasteiger charge is 2.49. The number of carbonyl (C=O) groups excluding carboxylic acids is 3. The van der Waals surface area contributed by atoms with Gasteiger partial charge in [0.25, 0.3) is 0 Å². The summed E-state index contributed by atoms with van der Waals surface area (Å²) in [5.41, 5.74) is -0.706. The van der Waals surface area contributed by atoms with Crippen LogP contribution >= 0.6 is 0 Å². The van der Waals surface area contributed by atoms with Crippen molar-refractivity contribution in [1.29, 1.82) is 0 Å². The minimum atomic E-state index is -0.980. The molecule has 0 bridgehead atoms. The van der Waals surface area contributed by atoms with Crippen LogP contribution in [0.5, 0.6) is 0 Å². The minimum Gasteiger partial charge on any atom is -0.463 e. The molecule has 2 heterocycles. The van der Waals surface area contributed by atoms with Crippen molar-refractivity contribution in [2.24, 2.45) is 0 Å². The number of amides is 1. The second kappa shape index (κ2) is 8.73. The third kappa shape index (κ3) is 5.11. The molecule has 0 aliphatic carbocycles. The van der Waals surface area contributed by atoms with Crippen molar-refractivity contribution in [1.82, 2.24) is 9.55 Å². The van der Waals surface area contributed by atoms with Crippen molar-refractivity contribution in [3.8, 4) is 0 Å². The van der Waals surface area contributed by atoms with Gasteiger partial charge < -0.3 is 24.3 Å². The van der Waals surface area contributed by atoms with E-state index in [0.717, 1.165) is 4.57 Å². The molecule has 1 amide bonds. The molecule has 0 saturated carbocycles. The standard InChI is InChI=1S/C16H21N3O8/c1-8(20)17-12-5-6-19(16(23)18-12)15-14(24-4)13(26-10(3)22)11(27-15)7-25-9(2)21/h5-6,11,13-15H,7H2,1-4H3,(H,17,18,20,23)/t11-,13-,14-,15-/m1/s1. The molecule has 0 spiro atoms. The highest BCUT2D eigenvalue weighted by molar-refractivity contribution is 5.87. The highest BCUT2D eigenvalue weighted by atomic mass is 16.6. The summed E-state index contributed by atoms with van der Waals surface area (Å²) < 4.78 is 22.5. The smallest absolute Gasteiger partial charge is 0.351 e. The molecule has 2 rings (SSSR count). The van der Waals surface area contributed by atoms with Gasteiger partial charge in [-0.1, -0.05) is 0 Å². The predicted molar refractivity (Wildman–Crippen MR) is 89.7 cm³/mol. The van der Waals surface area contributed by atoms with E-state index in [-0.39, 0.29) is 18.3 Å². The summed E-state index contributed by atoms with van der Waals surface area (Å²) in [5, 5.41) is 2.40. The van der Waals surface area contributed by atoms with Crippen molar-refractivity contribution in [3.63, 3.8) is 0 Å². The maximum atomic E-state index is 12.3. The van der Waals surface area contributed by atoms with Crippen LogP contribution in [0.3, 0.4) is 0 Å². The normalized spacial score (nSPS) is 24.3. The quantitative estimate of drug-likeness (QED) is 0.651. The van der Waals surface area contributed by atoms with E-state index in [9.17, 15) is 19.2 Å². The lowest BCUT2D eigenvalue weighted by Crippen LogP contribution is -2.40. The Morgan fingerprint density at radius 3 is 2.44 bits per heavy atom. The van der Waals surface area contributed by atoms with E-state index < -0.39 is 42.2 Å². The van der Waals surface area contributed by atoms with Gasteiger partial charge in [-0.2, -0.15) is 4.98 Å². The summed E-state index contributed by atoms with van der Waals surface area (Å²) in [6, 6.07) is 1.42. The number of methoxy groups -OCH3 is 1. The summed E-state index contributed by atoms with van der Waals surface area (Å²) in [5.74, 6) is -1.40. The zero-order chi connectivity index (χ0) is 20.1. The van der Waals surface area contributed by atoms with E-state index in [0.29, 0.717) is 0 Å². The lowest BCUT2D eigenvalue weighted by molar-refractivity contribution is -0.158. The summed E-state index contributed by atoms with van der Waals surface area (Å²) >= 11 is 0. The van der Waals surface area contributed by atoms with Crippen LogP contribution in [0.4, 0.5) is 5.82 Å². The van der Waals surface area contributed by atoms with E-state index in [2.05, 4.69) is 10.3 Å². The molecule has 0 aromatic carbocycles. The first-order valence-corrected chi connectivity index (χ1v) is 8.08. The fraction of sp³-hybridized carbons (Fsp3) is 0.562. The molecular formula is C16H21N3O8. The zero-order valence-electron chi connectivity index (χ0n) is 15.3. The Kier molecular flexibility index (Phi) is 6.64. The number of aromatic nitrogens is 2. The molecule has 1 aliphatic rings. The number of hydrogen-bond acceptors (Lipinski definition) is 9. The van der Waals surface area contributed by atoms with Gasteiger partial charge in [0.1, 0.15) is 24.6 Å². The molecule has 1 aliphatic heterocycles. The van der Waals surface area contributed by atoms with Crippen LogP contribution in [0, 0.1) is 0 Å². The van der Waals surface area contributed by atoms with Gasteiger partial charge in [0.05, 0.1) is 0 Å². The van der Waals surface area contributed by atoms with Crippen molar-refractivity contribution >= 4 is 23.7 Å². The number of hydrogen-bond donors (Lipinski definition) is 1. The number of nitrogens with one attached hydrogen (secondary N) is 1. The molecule has 148 valence electrons. The molecule has 1 aromatic rings. The maximum absolute atomic E-state index is 12.3. The molecule has 1 saturated heterocycles. The van der Waals surface area contributed by atoms with Crippen molar-refractivity contribution < 1.29 is 33.3 Å². The van der Waals surface area contributed by atoms with Gasteiger partial charge in [-0.25, -0.2) is 4.79 Å². The average Bonchev–Trinajstić information content (AvgIpc) is 2.89.